The Labute approximate surface area is 158 Å². The highest BCUT2D eigenvalue weighted by atomic mass is 31.2. The van der Waals surface area contributed by atoms with E-state index in [4.69, 9.17) is 4.74 Å². The van der Waals surface area contributed by atoms with Gasteiger partial charge in [-0.15, -0.1) is 0 Å². The van der Waals surface area contributed by atoms with Crippen LogP contribution in [0.4, 0.5) is 0 Å². The van der Waals surface area contributed by atoms with E-state index in [-0.39, 0.29) is 0 Å². The van der Waals surface area contributed by atoms with E-state index >= 15 is 0 Å². The molecule has 3 aromatic rings. The first-order valence-electron chi connectivity index (χ1n) is 9.54. The van der Waals surface area contributed by atoms with E-state index in [2.05, 4.69) is 98.8 Å². The van der Waals surface area contributed by atoms with Crippen LogP contribution in [0.5, 0.6) is 5.75 Å². The molecule has 0 radical (unpaired) electrons. The second kappa shape index (κ2) is 9.01. The van der Waals surface area contributed by atoms with Crippen LogP contribution in [0.1, 0.15) is 26.7 Å². The van der Waals surface area contributed by atoms with Crippen molar-refractivity contribution in [3.05, 3.63) is 84.9 Å². The average Bonchev–Trinajstić information content (AvgIpc) is 2.71. The molecule has 3 aromatic carbocycles. The summed E-state index contributed by atoms with van der Waals surface area (Å²) in [6.45, 7) is 5.03. The van der Waals surface area contributed by atoms with Crippen LogP contribution in [-0.2, 0) is 0 Å². The smallest absolute Gasteiger partial charge is 0.162 e. The number of para-hydroxylation sites is 1. The minimum absolute atomic E-state index is 0.689. The molecule has 2 heteroatoms. The molecule has 26 heavy (non-hydrogen) atoms. The highest BCUT2D eigenvalue weighted by molar-refractivity contribution is 7.95. The number of unbranched alkanes of at least 4 members (excludes halogenated alkanes) is 1. The standard InChI is InChI=1S/C24H28OP/c1-3-5-20-26(21-14-8-6-9-15-21,22-16-10-7-11-17-22)24-19-13-12-18-23(24)25-4-2/h6-19H,3-5,20H2,1-2H3/q+1. The maximum Gasteiger partial charge on any atom is 0.162 e. The summed E-state index contributed by atoms with van der Waals surface area (Å²) in [5.74, 6) is 1.03. The van der Waals surface area contributed by atoms with Gasteiger partial charge in [-0.25, -0.2) is 0 Å². The summed E-state index contributed by atoms with van der Waals surface area (Å²) in [7, 11) is -1.76. The second-order valence-electron chi connectivity index (χ2n) is 6.46. The molecule has 0 aliphatic rings. The molecule has 0 saturated heterocycles. The van der Waals surface area contributed by atoms with Crippen LogP contribution < -0.4 is 20.7 Å². The lowest BCUT2D eigenvalue weighted by molar-refractivity contribution is 0.343. The van der Waals surface area contributed by atoms with Crippen molar-refractivity contribution in [1.29, 1.82) is 0 Å². The highest BCUT2D eigenvalue weighted by Gasteiger charge is 2.46. The Bertz CT molecular complexity index is 759. The fourth-order valence-electron chi connectivity index (χ4n) is 3.62. The number of hydrogen-bond acceptors (Lipinski definition) is 1. The largest absolute Gasteiger partial charge is 0.490 e. The van der Waals surface area contributed by atoms with Crippen molar-refractivity contribution < 1.29 is 4.74 Å². The van der Waals surface area contributed by atoms with Crippen molar-refractivity contribution >= 4 is 23.2 Å². The molecule has 0 N–H and O–H groups in total. The van der Waals surface area contributed by atoms with Crippen molar-refractivity contribution in [2.45, 2.75) is 26.7 Å². The fraction of sp³-hybridized carbons (Fsp3) is 0.250. The molecule has 0 aliphatic carbocycles. The minimum Gasteiger partial charge on any atom is -0.490 e. The number of rotatable bonds is 8. The molecule has 0 fully saturated rings. The quantitative estimate of drug-likeness (QED) is 0.501. The third kappa shape index (κ3) is 3.69. The van der Waals surface area contributed by atoms with E-state index in [1.165, 1.54) is 34.9 Å². The molecule has 0 heterocycles. The maximum atomic E-state index is 6.09. The summed E-state index contributed by atoms with van der Waals surface area (Å²) in [6, 6.07) is 30.8. The molecule has 0 aliphatic heterocycles. The monoisotopic (exact) mass is 363 g/mol. The zero-order chi connectivity index (χ0) is 18.2. The Kier molecular flexibility index (Phi) is 6.47. The number of hydrogen-bond donors (Lipinski definition) is 0. The van der Waals surface area contributed by atoms with Gasteiger partial charge in [0.25, 0.3) is 0 Å². The summed E-state index contributed by atoms with van der Waals surface area (Å²) in [5.41, 5.74) is 0. The van der Waals surface area contributed by atoms with E-state index in [0.717, 1.165) is 5.75 Å². The molecule has 0 spiro atoms. The first-order chi connectivity index (χ1) is 12.8. The van der Waals surface area contributed by atoms with Crippen LogP contribution in [0, 0.1) is 0 Å². The van der Waals surface area contributed by atoms with Crippen molar-refractivity contribution in [1.82, 2.24) is 0 Å². The van der Waals surface area contributed by atoms with Gasteiger partial charge in [0.15, 0.2) is 5.75 Å². The molecule has 134 valence electrons. The number of ether oxygens (including phenoxy) is 1. The topological polar surface area (TPSA) is 9.23 Å². The van der Waals surface area contributed by atoms with E-state index in [1.807, 2.05) is 0 Å². The van der Waals surface area contributed by atoms with Gasteiger partial charge in [0.1, 0.15) is 23.2 Å². The van der Waals surface area contributed by atoms with E-state index < -0.39 is 7.26 Å². The molecule has 3 rings (SSSR count). The lowest BCUT2D eigenvalue weighted by atomic mass is 10.3. The van der Waals surface area contributed by atoms with Gasteiger partial charge in [0.05, 0.1) is 12.8 Å². The second-order valence-corrected chi connectivity index (χ2v) is 10.0. The van der Waals surface area contributed by atoms with Crippen LogP contribution >= 0.6 is 7.26 Å². The van der Waals surface area contributed by atoms with E-state index in [9.17, 15) is 0 Å². The van der Waals surface area contributed by atoms with Gasteiger partial charge >= 0.3 is 0 Å². The third-order valence-electron chi connectivity index (χ3n) is 4.82. The third-order valence-corrected chi connectivity index (χ3v) is 9.36. The summed E-state index contributed by atoms with van der Waals surface area (Å²) in [5, 5.41) is 4.24. The molecule has 0 atom stereocenters. The fourth-order valence-corrected chi connectivity index (χ4v) is 8.24. The van der Waals surface area contributed by atoms with Crippen molar-refractivity contribution in [3.8, 4) is 5.75 Å². The van der Waals surface area contributed by atoms with Crippen molar-refractivity contribution in [2.24, 2.45) is 0 Å². The Balaban J connectivity index is 2.31. The molecule has 1 nitrogen and oxygen atoms in total. The number of benzene rings is 3. The van der Waals surface area contributed by atoms with E-state index in [1.54, 1.807) is 0 Å². The van der Waals surface area contributed by atoms with Crippen LogP contribution in [0.3, 0.4) is 0 Å². The normalized spacial score (nSPS) is 11.3. The lowest BCUT2D eigenvalue weighted by Gasteiger charge is -2.29. The SMILES string of the molecule is CCCC[P+](c1ccccc1)(c1ccccc1)c1ccccc1OCC. The minimum atomic E-state index is -1.76. The van der Waals surface area contributed by atoms with Crippen molar-refractivity contribution in [2.75, 3.05) is 12.8 Å². The lowest BCUT2D eigenvalue weighted by Crippen LogP contribution is -2.34. The Morgan fingerprint density at radius 2 is 1.23 bits per heavy atom. The predicted octanol–water partition coefficient (Wildman–Crippen LogP) is 5.18. The summed E-state index contributed by atoms with van der Waals surface area (Å²) in [6.07, 6.45) is 3.57. The molecule has 0 aromatic heterocycles. The van der Waals surface area contributed by atoms with Gasteiger partial charge in [-0.2, -0.15) is 0 Å². The van der Waals surface area contributed by atoms with Crippen LogP contribution in [-0.4, -0.2) is 12.8 Å². The molecule has 0 unspecified atom stereocenters. The Morgan fingerprint density at radius 1 is 0.692 bits per heavy atom. The first-order valence-corrected chi connectivity index (χ1v) is 11.5. The molecule has 0 bridgehead atoms. The Hall–Kier alpha value is -2.11. The summed E-state index contributed by atoms with van der Waals surface area (Å²) >= 11 is 0. The first kappa shape index (κ1) is 18.7. The summed E-state index contributed by atoms with van der Waals surface area (Å²) < 4.78 is 6.09. The van der Waals surface area contributed by atoms with Crippen LogP contribution in [0.15, 0.2) is 84.9 Å². The Morgan fingerprint density at radius 3 is 1.77 bits per heavy atom. The molecular formula is C24H28OP+. The van der Waals surface area contributed by atoms with Gasteiger partial charge in [-0.05, 0) is 49.7 Å². The highest BCUT2D eigenvalue weighted by Crippen LogP contribution is 2.57. The van der Waals surface area contributed by atoms with Gasteiger partial charge in [-0.1, -0.05) is 61.9 Å². The zero-order valence-electron chi connectivity index (χ0n) is 15.8. The van der Waals surface area contributed by atoms with E-state index in [0.29, 0.717) is 6.61 Å². The zero-order valence-corrected chi connectivity index (χ0v) is 16.7. The van der Waals surface area contributed by atoms with Crippen molar-refractivity contribution in [3.63, 3.8) is 0 Å². The maximum absolute atomic E-state index is 6.09. The van der Waals surface area contributed by atoms with Gasteiger partial charge in [0, 0.05) is 0 Å². The average molecular weight is 363 g/mol. The van der Waals surface area contributed by atoms with Gasteiger partial charge < -0.3 is 4.74 Å². The molecule has 0 saturated carbocycles. The molecule has 0 amide bonds. The summed E-state index contributed by atoms with van der Waals surface area (Å²) in [4.78, 5) is 0. The molecular weight excluding hydrogens is 335 g/mol. The van der Waals surface area contributed by atoms with Gasteiger partial charge in [-0.3, -0.25) is 0 Å². The van der Waals surface area contributed by atoms with Crippen LogP contribution in [0.25, 0.3) is 0 Å². The van der Waals surface area contributed by atoms with Crippen LogP contribution in [0.2, 0.25) is 0 Å². The van der Waals surface area contributed by atoms with Gasteiger partial charge in [0.2, 0.25) is 0 Å². The predicted molar refractivity (Wildman–Crippen MR) is 116 cm³/mol.